The molecule has 118 valence electrons. The van der Waals surface area contributed by atoms with Gasteiger partial charge in [0.25, 0.3) is 0 Å². The van der Waals surface area contributed by atoms with E-state index in [0.29, 0.717) is 17.1 Å². The Morgan fingerprint density at radius 3 is 2.82 bits per heavy atom. The zero-order valence-electron chi connectivity index (χ0n) is 12.6. The summed E-state index contributed by atoms with van der Waals surface area (Å²) in [5.41, 5.74) is 0.481. The van der Waals surface area contributed by atoms with Crippen LogP contribution in [-0.2, 0) is 14.3 Å². The Balaban J connectivity index is 2.01. The standard InChI is InChI=1S/C16H18O6/c1-3-21-16(19)7-10(17)6-12-8-14(18)13-5-4-11(20-2)9-15(13)22-12/h4-5,9,12H,3,6-8H2,1-2H3. The Kier molecular flexibility index (Phi) is 5.14. The Hall–Kier alpha value is -2.37. The molecule has 0 bridgehead atoms. The fourth-order valence-electron chi connectivity index (χ4n) is 2.31. The summed E-state index contributed by atoms with van der Waals surface area (Å²) in [5.74, 6) is 0.0340. The summed E-state index contributed by atoms with van der Waals surface area (Å²) in [7, 11) is 1.52. The van der Waals surface area contributed by atoms with Gasteiger partial charge in [-0.1, -0.05) is 0 Å². The van der Waals surface area contributed by atoms with E-state index in [1.165, 1.54) is 7.11 Å². The van der Waals surface area contributed by atoms with Crippen molar-refractivity contribution in [1.82, 2.24) is 0 Å². The van der Waals surface area contributed by atoms with Crippen LogP contribution in [0, 0.1) is 0 Å². The van der Waals surface area contributed by atoms with Crippen molar-refractivity contribution >= 4 is 17.5 Å². The van der Waals surface area contributed by atoms with E-state index in [9.17, 15) is 14.4 Å². The monoisotopic (exact) mass is 306 g/mol. The number of hydrogen-bond acceptors (Lipinski definition) is 6. The third-order valence-electron chi connectivity index (χ3n) is 3.30. The predicted molar refractivity (Wildman–Crippen MR) is 77.2 cm³/mol. The number of carbonyl (C=O) groups is 3. The molecule has 0 aromatic heterocycles. The van der Waals surface area contributed by atoms with Crippen molar-refractivity contribution in [2.24, 2.45) is 0 Å². The van der Waals surface area contributed by atoms with Gasteiger partial charge in [-0.15, -0.1) is 0 Å². The molecule has 6 heteroatoms. The van der Waals surface area contributed by atoms with E-state index in [-0.39, 0.29) is 37.4 Å². The second kappa shape index (κ2) is 7.06. The number of ketones is 2. The zero-order chi connectivity index (χ0) is 16.1. The van der Waals surface area contributed by atoms with E-state index in [1.807, 2.05) is 0 Å². The van der Waals surface area contributed by atoms with Gasteiger partial charge in [0.2, 0.25) is 0 Å². The highest BCUT2D eigenvalue weighted by Gasteiger charge is 2.29. The minimum atomic E-state index is -0.561. The first kappa shape index (κ1) is 16.0. The van der Waals surface area contributed by atoms with Gasteiger partial charge in [-0.25, -0.2) is 0 Å². The molecule has 1 heterocycles. The largest absolute Gasteiger partial charge is 0.497 e. The molecule has 1 aliphatic heterocycles. The minimum Gasteiger partial charge on any atom is -0.497 e. The van der Waals surface area contributed by atoms with Crippen molar-refractivity contribution in [1.29, 1.82) is 0 Å². The Labute approximate surface area is 128 Å². The Bertz CT molecular complexity index is 592. The predicted octanol–water partition coefficient (Wildman–Crippen LogP) is 1.94. The van der Waals surface area contributed by atoms with Crippen LogP contribution in [0.25, 0.3) is 0 Å². The normalized spacial score (nSPS) is 16.5. The SMILES string of the molecule is CCOC(=O)CC(=O)CC1CC(=O)c2ccc(OC)cc2O1. The second-order valence-corrected chi connectivity index (χ2v) is 4.95. The van der Waals surface area contributed by atoms with Crippen molar-refractivity contribution < 1.29 is 28.6 Å². The molecule has 0 aliphatic carbocycles. The molecule has 0 N–H and O–H groups in total. The molecule has 1 aromatic rings. The van der Waals surface area contributed by atoms with Crippen LogP contribution in [0.1, 0.15) is 36.5 Å². The summed E-state index contributed by atoms with van der Waals surface area (Å²) < 4.78 is 15.5. The van der Waals surface area contributed by atoms with Crippen LogP contribution in [0.2, 0.25) is 0 Å². The average molecular weight is 306 g/mol. The molecule has 0 fully saturated rings. The number of ether oxygens (including phenoxy) is 3. The van der Waals surface area contributed by atoms with Gasteiger partial charge in [0, 0.05) is 18.9 Å². The number of benzene rings is 1. The van der Waals surface area contributed by atoms with Gasteiger partial charge >= 0.3 is 5.97 Å². The molecule has 6 nitrogen and oxygen atoms in total. The molecule has 2 rings (SSSR count). The zero-order valence-corrected chi connectivity index (χ0v) is 12.6. The quantitative estimate of drug-likeness (QED) is 0.590. The van der Waals surface area contributed by atoms with E-state index in [2.05, 4.69) is 0 Å². The third kappa shape index (κ3) is 3.84. The van der Waals surface area contributed by atoms with Crippen LogP contribution >= 0.6 is 0 Å². The number of hydrogen-bond donors (Lipinski definition) is 0. The Morgan fingerprint density at radius 2 is 2.14 bits per heavy atom. The molecule has 0 saturated carbocycles. The summed E-state index contributed by atoms with van der Waals surface area (Å²) in [4.78, 5) is 35.2. The molecule has 0 amide bonds. The van der Waals surface area contributed by atoms with Gasteiger partial charge in [-0.2, -0.15) is 0 Å². The van der Waals surface area contributed by atoms with E-state index in [4.69, 9.17) is 14.2 Å². The van der Waals surface area contributed by atoms with Gasteiger partial charge in [0.1, 0.15) is 29.8 Å². The lowest BCUT2D eigenvalue weighted by atomic mass is 9.97. The molecule has 1 aliphatic rings. The number of esters is 1. The minimum absolute atomic E-state index is 0.00119. The first-order valence-electron chi connectivity index (χ1n) is 7.08. The molecular weight excluding hydrogens is 288 g/mol. The molecule has 1 aromatic carbocycles. The summed E-state index contributed by atoms with van der Waals surface area (Å²) in [6.45, 7) is 1.91. The van der Waals surface area contributed by atoms with E-state index in [1.54, 1.807) is 25.1 Å². The van der Waals surface area contributed by atoms with Crippen molar-refractivity contribution in [3.05, 3.63) is 23.8 Å². The lowest BCUT2D eigenvalue weighted by Crippen LogP contribution is -2.30. The highest BCUT2D eigenvalue weighted by atomic mass is 16.5. The maximum absolute atomic E-state index is 12.1. The van der Waals surface area contributed by atoms with Crippen molar-refractivity contribution in [2.75, 3.05) is 13.7 Å². The summed E-state index contributed by atoms with van der Waals surface area (Å²) in [6, 6.07) is 4.95. The smallest absolute Gasteiger partial charge is 0.313 e. The number of carbonyl (C=O) groups excluding carboxylic acids is 3. The third-order valence-corrected chi connectivity index (χ3v) is 3.30. The number of methoxy groups -OCH3 is 1. The van der Waals surface area contributed by atoms with Gasteiger partial charge in [-0.3, -0.25) is 14.4 Å². The molecule has 0 radical (unpaired) electrons. The van der Waals surface area contributed by atoms with E-state index < -0.39 is 12.1 Å². The van der Waals surface area contributed by atoms with Gasteiger partial charge in [0.05, 0.1) is 19.3 Å². The lowest BCUT2D eigenvalue weighted by Gasteiger charge is -2.25. The van der Waals surface area contributed by atoms with Crippen molar-refractivity contribution in [3.8, 4) is 11.5 Å². The second-order valence-electron chi connectivity index (χ2n) is 4.95. The molecule has 1 atom stereocenters. The van der Waals surface area contributed by atoms with E-state index >= 15 is 0 Å². The fraction of sp³-hybridized carbons (Fsp3) is 0.438. The first-order valence-corrected chi connectivity index (χ1v) is 7.08. The average Bonchev–Trinajstić information content (AvgIpc) is 2.46. The summed E-state index contributed by atoms with van der Waals surface area (Å²) in [5, 5.41) is 0. The topological polar surface area (TPSA) is 78.9 Å². The molecule has 22 heavy (non-hydrogen) atoms. The lowest BCUT2D eigenvalue weighted by molar-refractivity contribution is -0.145. The molecule has 1 unspecified atom stereocenters. The number of Topliss-reactive ketones (excluding diaryl/α,β-unsaturated/α-hetero) is 2. The van der Waals surface area contributed by atoms with Crippen LogP contribution in [0.5, 0.6) is 11.5 Å². The number of fused-ring (bicyclic) bond motifs is 1. The van der Waals surface area contributed by atoms with Crippen LogP contribution in [-0.4, -0.2) is 37.4 Å². The van der Waals surface area contributed by atoms with Gasteiger partial charge in [-0.05, 0) is 19.1 Å². The number of rotatable bonds is 6. The van der Waals surface area contributed by atoms with Crippen LogP contribution in [0.4, 0.5) is 0 Å². The van der Waals surface area contributed by atoms with Crippen molar-refractivity contribution in [3.63, 3.8) is 0 Å². The van der Waals surface area contributed by atoms with Crippen LogP contribution < -0.4 is 9.47 Å². The molecule has 0 saturated heterocycles. The molecular formula is C16H18O6. The van der Waals surface area contributed by atoms with E-state index in [0.717, 1.165) is 0 Å². The van der Waals surface area contributed by atoms with Crippen LogP contribution in [0.15, 0.2) is 18.2 Å². The van der Waals surface area contributed by atoms with Gasteiger partial charge in [0.15, 0.2) is 5.78 Å². The van der Waals surface area contributed by atoms with Gasteiger partial charge < -0.3 is 14.2 Å². The summed E-state index contributed by atoms with van der Waals surface area (Å²) in [6.07, 6.45) is -0.740. The maximum atomic E-state index is 12.1. The summed E-state index contributed by atoms with van der Waals surface area (Å²) >= 11 is 0. The Morgan fingerprint density at radius 1 is 1.36 bits per heavy atom. The molecule has 0 spiro atoms. The first-order chi connectivity index (χ1) is 10.5. The highest BCUT2D eigenvalue weighted by molar-refractivity contribution is 6.01. The van der Waals surface area contributed by atoms with Crippen molar-refractivity contribution in [2.45, 2.75) is 32.3 Å². The maximum Gasteiger partial charge on any atom is 0.313 e. The van der Waals surface area contributed by atoms with Crippen LogP contribution in [0.3, 0.4) is 0 Å². The highest BCUT2D eigenvalue weighted by Crippen LogP contribution is 2.32. The fourth-order valence-corrected chi connectivity index (χ4v) is 2.31.